The second kappa shape index (κ2) is 9.92. The van der Waals surface area contributed by atoms with Crippen LogP contribution in [0.2, 0.25) is 0 Å². The van der Waals surface area contributed by atoms with Crippen molar-refractivity contribution in [3.05, 3.63) is 83.2 Å². The lowest BCUT2D eigenvalue weighted by Gasteiger charge is -2.29. The number of aryl methyl sites for hydroxylation is 1. The van der Waals surface area contributed by atoms with Crippen molar-refractivity contribution in [2.75, 3.05) is 13.1 Å². The summed E-state index contributed by atoms with van der Waals surface area (Å²) >= 11 is 0. The Bertz CT molecular complexity index is 989. The molecule has 2 heterocycles. The van der Waals surface area contributed by atoms with Crippen molar-refractivity contribution >= 4 is 5.91 Å². The largest absolute Gasteiger partial charge is 0.353 e. The fourth-order valence-corrected chi connectivity index (χ4v) is 4.63. The number of amides is 1. The number of para-hydroxylation sites is 1. The van der Waals surface area contributed by atoms with Crippen molar-refractivity contribution < 1.29 is 9.69 Å². The molecule has 4 rings (SSSR count). The minimum atomic E-state index is 0.155. The van der Waals surface area contributed by atoms with E-state index >= 15 is 0 Å². The molecule has 0 spiro atoms. The Morgan fingerprint density at radius 1 is 1.03 bits per heavy atom. The molecule has 0 atom stereocenters. The molecule has 162 valence electrons. The number of carbonyl (C=O) groups is 1. The van der Waals surface area contributed by atoms with Crippen molar-refractivity contribution in [1.82, 2.24) is 15.1 Å². The first-order chi connectivity index (χ1) is 15.1. The van der Waals surface area contributed by atoms with E-state index in [2.05, 4.69) is 54.7 Å². The first-order valence-corrected chi connectivity index (χ1v) is 11.4. The zero-order valence-corrected chi connectivity index (χ0v) is 18.6. The second-order valence-electron chi connectivity index (χ2n) is 8.65. The Balaban J connectivity index is 1.25. The van der Waals surface area contributed by atoms with Crippen LogP contribution in [0.1, 0.15) is 41.8 Å². The van der Waals surface area contributed by atoms with E-state index in [4.69, 9.17) is 5.10 Å². The standard InChI is InChI=1S/C26H32N4O/c1-20-25(21(2)30(28-20)24-11-7-4-8-12-24)13-14-26(31)27-23-15-17-29(18-16-23)19-22-9-5-3-6-10-22/h3-12,23H,13-19H2,1-2H3,(H,27,31)/p+1. The Kier molecular flexibility index (Phi) is 6.82. The molecule has 2 aromatic carbocycles. The Labute approximate surface area is 185 Å². The molecule has 31 heavy (non-hydrogen) atoms. The second-order valence-corrected chi connectivity index (χ2v) is 8.65. The highest BCUT2D eigenvalue weighted by atomic mass is 16.1. The van der Waals surface area contributed by atoms with Crippen LogP contribution in [0.5, 0.6) is 0 Å². The van der Waals surface area contributed by atoms with E-state index in [1.54, 1.807) is 4.90 Å². The number of piperidine rings is 1. The number of likely N-dealkylation sites (tertiary alicyclic amines) is 1. The predicted molar refractivity (Wildman–Crippen MR) is 123 cm³/mol. The molecule has 0 saturated carbocycles. The average Bonchev–Trinajstić information content (AvgIpc) is 3.08. The maximum Gasteiger partial charge on any atom is 0.220 e. The average molecular weight is 418 g/mol. The minimum absolute atomic E-state index is 0.155. The SMILES string of the molecule is Cc1nn(-c2ccccc2)c(C)c1CCC(=O)NC1CC[NH+](Cc2ccccc2)CC1. The van der Waals surface area contributed by atoms with Crippen LogP contribution in [0, 0.1) is 13.8 Å². The number of carbonyl (C=O) groups excluding carboxylic acids is 1. The fraction of sp³-hybridized carbons (Fsp3) is 0.385. The van der Waals surface area contributed by atoms with Gasteiger partial charge in [-0.1, -0.05) is 48.5 Å². The normalized spacial score (nSPS) is 18.6. The molecule has 0 aliphatic carbocycles. The highest BCUT2D eigenvalue weighted by molar-refractivity contribution is 5.76. The van der Waals surface area contributed by atoms with Crippen LogP contribution in [-0.4, -0.2) is 34.8 Å². The summed E-state index contributed by atoms with van der Waals surface area (Å²) < 4.78 is 1.98. The van der Waals surface area contributed by atoms with Crippen LogP contribution in [0.3, 0.4) is 0 Å². The Morgan fingerprint density at radius 2 is 1.68 bits per heavy atom. The summed E-state index contributed by atoms with van der Waals surface area (Å²) in [6.07, 6.45) is 3.35. The third kappa shape index (κ3) is 5.42. The van der Waals surface area contributed by atoms with Crippen molar-refractivity contribution in [3.8, 4) is 5.69 Å². The van der Waals surface area contributed by atoms with Gasteiger partial charge in [-0.25, -0.2) is 4.68 Å². The topological polar surface area (TPSA) is 51.4 Å². The van der Waals surface area contributed by atoms with Crippen LogP contribution in [0.15, 0.2) is 60.7 Å². The highest BCUT2D eigenvalue weighted by Gasteiger charge is 2.23. The summed E-state index contributed by atoms with van der Waals surface area (Å²) in [5.41, 5.74) is 5.76. The lowest BCUT2D eigenvalue weighted by molar-refractivity contribution is -0.918. The van der Waals surface area contributed by atoms with E-state index in [-0.39, 0.29) is 5.91 Å². The molecule has 1 aliphatic rings. The molecule has 5 heteroatoms. The smallest absolute Gasteiger partial charge is 0.220 e. The maximum absolute atomic E-state index is 12.6. The van der Waals surface area contributed by atoms with Crippen molar-refractivity contribution in [1.29, 1.82) is 0 Å². The Morgan fingerprint density at radius 3 is 2.35 bits per heavy atom. The van der Waals surface area contributed by atoms with Gasteiger partial charge < -0.3 is 10.2 Å². The lowest BCUT2D eigenvalue weighted by Crippen LogP contribution is -3.12. The molecular formula is C26H33N4O+. The molecule has 1 amide bonds. The third-order valence-electron chi connectivity index (χ3n) is 6.40. The van der Waals surface area contributed by atoms with Crippen LogP contribution < -0.4 is 10.2 Å². The number of benzene rings is 2. The van der Waals surface area contributed by atoms with Crippen molar-refractivity contribution in [2.45, 2.75) is 52.1 Å². The van der Waals surface area contributed by atoms with Crippen molar-refractivity contribution in [2.24, 2.45) is 0 Å². The van der Waals surface area contributed by atoms with Gasteiger partial charge in [0.25, 0.3) is 0 Å². The number of aromatic nitrogens is 2. The van der Waals surface area contributed by atoms with Gasteiger partial charge in [-0.2, -0.15) is 5.10 Å². The van der Waals surface area contributed by atoms with E-state index in [1.165, 1.54) is 11.1 Å². The van der Waals surface area contributed by atoms with Gasteiger partial charge in [-0.3, -0.25) is 4.79 Å². The predicted octanol–water partition coefficient (Wildman–Crippen LogP) is 2.79. The molecule has 1 aliphatic heterocycles. The van der Waals surface area contributed by atoms with Crippen LogP contribution in [0.4, 0.5) is 0 Å². The van der Waals surface area contributed by atoms with Gasteiger partial charge in [-0.05, 0) is 38.0 Å². The van der Waals surface area contributed by atoms with Crippen LogP contribution in [0.25, 0.3) is 5.69 Å². The summed E-state index contributed by atoms with van der Waals surface area (Å²) in [6, 6.07) is 21.1. The number of nitrogens with one attached hydrogen (secondary N) is 2. The molecular weight excluding hydrogens is 384 g/mol. The van der Waals surface area contributed by atoms with Crippen LogP contribution >= 0.6 is 0 Å². The number of hydrogen-bond acceptors (Lipinski definition) is 2. The van der Waals surface area contributed by atoms with E-state index < -0.39 is 0 Å². The third-order valence-corrected chi connectivity index (χ3v) is 6.40. The van der Waals surface area contributed by atoms with Gasteiger partial charge in [0.1, 0.15) is 6.54 Å². The highest BCUT2D eigenvalue weighted by Crippen LogP contribution is 2.19. The van der Waals surface area contributed by atoms with Gasteiger partial charge in [0.2, 0.25) is 5.91 Å². The zero-order valence-electron chi connectivity index (χ0n) is 18.6. The summed E-state index contributed by atoms with van der Waals surface area (Å²) in [6.45, 7) is 7.42. The molecule has 0 radical (unpaired) electrons. The van der Waals surface area contributed by atoms with Crippen molar-refractivity contribution in [3.63, 3.8) is 0 Å². The molecule has 0 bridgehead atoms. The molecule has 1 fully saturated rings. The summed E-state index contributed by atoms with van der Waals surface area (Å²) in [5.74, 6) is 0.155. The number of hydrogen-bond donors (Lipinski definition) is 2. The zero-order chi connectivity index (χ0) is 21.6. The maximum atomic E-state index is 12.6. The lowest BCUT2D eigenvalue weighted by atomic mass is 10.0. The minimum Gasteiger partial charge on any atom is -0.353 e. The van der Waals surface area contributed by atoms with Gasteiger partial charge >= 0.3 is 0 Å². The van der Waals surface area contributed by atoms with Gasteiger partial charge in [0.15, 0.2) is 0 Å². The molecule has 1 saturated heterocycles. The fourth-order valence-electron chi connectivity index (χ4n) is 4.63. The summed E-state index contributed by atoms with van der Waals surface area (Å²) in [7, 11) is 0. The quantitative estimate of drug-likeness (QED) is 0.621. The van der Waals surface area contributed by atoms with E-state index in [9.17, 15) is 4.79 Å². The molecule has 3 aromatic rings. The van der Waals surface area contributed by atoms with E-state index in [1.807, 2.05) is 29.8 Å². The number of nitrogens with zero attached hydrogens (tertiary/aromatic N) is 2. The van der Waals surface area contributed by atoms with E-state index in [0.717, 1.165) is 56.0 Å². The first kappa shape index (κ1) is 21.3. The summed E-state index contributed by atoms with van der Waals surface area (Å²) in [4.78, 5) is 14.2. The Hall–Kier alpha value is -2.92. The van der Waals surface area contributed by atoms with Gasteiger partial charge in [-0.15, -0.1) is 0 Å². The first-order valence-electron chi connectivity index (χ1n) is 11.4. The number of quaternary nitrogens is 1. The van der Waals surface area contributed by atoms with Gasteiger partial charge in [0, 0.05) is 36.6 Å². The van der Waals surface area contributed by atoms with Gasteiger partial charge in [0.05, 0.1) is 24.5 Å². The monoisotopic (exact) mass is 417 g/mol. The molecule has 5 nitrogen and oxygen atoms in total. The molecule has 1 aromatic heterocycles. The molecule has 0 unspecified atom stereocenters. The van der Waals surface area contributed by atoms with E-state index in [0.29, 0.717) is 12.5 Å². The van der Waals surface area contributed by atoms with Crippen LogP contribution in [-0.2, 0) is 17.8 Å². The number of rotatable bonds is 7. The summed E-state index contributed by atoms with van der Waals surface area (Å²) in [5, 5.41) is 7.97. The molecule has 2 N–H and O–H groups in total.